The Morgan fingerprint density at radius 1 is 1.86 bits per heavy atom. The first-order valence-corrected chi connectivity index (χ1v) is 2.39. The van der Waals surface area contributed by atoms with E-state index in [1.54, 1.807) is 6.20 Å². The van der Waals surface area contributed by atoms with Crippen LogP contribution in [0, 0.1) is 0 Å². The van der Waals surface area contributed by atoms with Crippen molar-refractivity contribution in [1.82, 2.24) is 5.32 Å². The molecule has 1 aliphatic carbocycles. The molecule has 0 radical (unpaired) electrons. The minimum Gasteiger partial charge on any atom is -0.391 e. The fourth-order valence-electron chi connectivity index (χ4n) is 0.512. The maximum absolute atomic E-state index is 8.65. The molecule has 2 atom stereocenters. The minimum atomic E-state index is -0.113. The van der Waals surface area contributed by atoms with Crippen LogP contribution in [0.15, 0.2) is 12.8 Å². The molecule has 7 heavy (non-hydrogen) atoms. The lowest BCUT2D eigenvalue weighted by Gasteiger charge is -1.89. The largest absolute Gasteiger partial charge is 0.391 e. The summed E-state index contributed by atoms with van der Waals surface area (Å²) in [6, 6.07) is 0.303. The van der Waals surface area contributed by atoms with Crippen LogP contribution < -0.4 is 5.32 Å². The van der Waals surface area contributed by atoms with Crippen molar-refractivity contribution in [1.29, 1.82) is 0 Å². The lowest BCUT2D eigenvalue weighted by atomic mass is 10.7. The number of aliphatic hydroxyl groups excluding tert-OH is 1. The van der Waals surface area contributed by atoms with Crippen molar-refractivity contribution >= 4 is 0 Å². The zero-order valence-corrected chi connectivity index (χ0v) is 4.09. The van der Waals surface area contributed by atoms with Crippen LogP contribution in [-0.2, 0) is 0 Å². The summed E-state index contributed by atoms with van der Waals surface area (Å²) in [7, 11) is 0. The van der Waals surface area contributed by atoms with Gasteiger partial charge < -0.3 is 10.4 Å². The van der Waals surface area contributed by atoms with Crippen molar-refractivity contribution in [3.63, 3.8) is 0 Å². The molecule has 0 bridgehead atoms. The summed E-state index contributed by atoms with van der Waals surface area (Å²) >= 11 is 0. The van der Waals surface area contributed by atoms with E-state index < -0.39 is 0 Å². The van der Waals surface area contributed by atoms with E-state index in [0.717, 1.165) is 6.42 Å². The van der Waals surface area contributed by atoms with Crippen LogP contribution in [0.5, 0.6) is 0 Å². The molecule has 1 fully saturated rings. The van der Waals surface area contributed by atoms with E-state index in [-0.39, 0.29) is 6.10 Å². The van der Waals surface area contributed by atoms with Gasteiger partial charge in [-0.05, 0) is 12.6 Å². The first-order valence-electron chi connectivity index (χ1n) is 2.39. The molecule has 0 spiro atoms. The standard InChI is InChI=1S/C5H9NO/c1-2-6-4-3-5(4)7/h2,4-7H,1,3H2. The molecular weight excluding hydrogens is 90.1 g/mol. The Balaban J connectivity index is 2.08. The van der Waals surface area contributed by atoms with Gasteiger partial charge >= 0.3 is 0 Å². The Morgan fingerprint density at radius 2 is 2.43 bits per heavy atom. The molecule has 0 heterocycles. The Kier molecular flexibility index (Phi) is 1.02. The molecule has 2 nitrogen and oxygen atoms in total. The Morgan fingerprint density at radius 3 is 2.57 bits per heavy atom. The van der Waals surface area contributed by atoms with Gasteiger partial charge in [-0.15, -0.1) is 0 Å². The average Bonchev–Trinajstić information content (AvgIpc) is 2.22. The lowest BCUT2D eigenvalue weighted by Crippen LogP contribution is -2.10. The molecular formula is C5H9NO. The summed E-state index contributed by atoms with van der Waals surface area (Å²) in [5.74, 6) is 0. The SMILES string of the molecule is C=CNC1CC1O. The molecule has 0 aliphatic heterocycles. The maximum Gasteiger partial charge on any atom is 0.0762 e. The van der Waals surface area contributed by atoms with Gasteiger partial charge in [0.2, 0.25) is 0 Å². The summed E-state index contributed by atoms with van der Waals surface area (Å²) in [4.78, 5) is 0. The molecule has 0 aromatic rings. The first kappa shape index (κ1) is 4.65. The number of rotatable bonds is 2. The van der Waals surface area contributed by atoms with Crippen LogP contribution in [0.3, 0.4) is 0 Å². The predicted octanol–water partition coefficient (Wildman–Crippen LogP) is -0.147. The molecule has 0 aromatic heterocycles. The molecule has 0 aromatic carbocycles. The van der Waals surface area contributed by atoms with Gasteiger partial charge in [0.05, 0.1) is 12.1 Å². The van der Waals surface area contributed by atoms with Crippen molar-refractivity contribution in [3.05, 3.63) is 12.8 Å². The first-order chi connectivity index (χ1) is 3.34. The average molecular weight is 99.1 g/mol. The second-order valence-corrected chi connectivity index (χ2v) is 1.78. The molecule has 0 saturated heterocycles. The zero-order valence-electron chi connectivity index (χ0n) is 4.09. The highest BCUT2D eigenvalue weighted by Crippen LogP contribution is 2.19. The highest BCUT2D eigenvalue weighted by molar-refractivity contribution is 4.95. The summed E-state index contributed by atoms with van der Waals surface area (Å²) in [6.45, 7) is 3.45. The summed E-state index contributed by atoms with van der Waals surface area (Å²) in [6.07, 6.45) is 2.38. The predicted molar refractivity (Wildman–Crippen MR) is 27.7 cm³/mol. The van der Waals surface area contributed by atoms with Gasteiger partial charge in [0.1, 0.15) is 0 Å². The minimum absolute atomic E-state index is 0.113. The highest BCUT2D eigenvalue weighted by Gasteiger charge is 2.33. The summed E-state index contributed by atoms with van der Waals surface area (Å²) in [5, 5.41) is 11.5. The summed E-state index contributed by atoms with van der Waals surface area (Å²) in [5.41, 5.74) is 0. The van der Waals surface area contributed by atoms with Crippen LogP contribution >= 0.6 is 0 Å². The van der Waals surface area contributed by atoms with Crippen molar-refractivity contribution in [2.24, 2.45) is 0 Å². The Labute approximate surface area is 42.8 Å². The van der Waals surface area contributed by atoms with E-state index in [1.165, 1.54) is 0 Å². The van der Waals surface area contributed by atoms with Gasteiger partial charge in [0, 0.05) is 0 Å². The van der Waals surface area contributed by atoms with E-state index in [9.17, 15) is 0 Å². The third-order valence-electron chi connectivity index (χ3n) is 1.09. The van der Waals surface area contributed by atoms with Crippen molar-refractivity contribution in [3.8, 4) is 0 Å². The molecule has 40 valence electrons. The second kappa shape index (κ2) is 1.54. The van der Waals surface area contributed by atoms with Gasteiger partial charge in [-0.25, -0.2) is 0 Å². The Bertz CT molecular complexity index is 82.1. The topological polar surface area (TPSA) is 32.3 Å². The molecule has 2 N–H and O–H groups in total. The van der Waals surface area contributed by atoms with Crippen LogP contribution in [0.2, 0.25) is 0 Å². The molecule has 2 unspecified atom stereocenters. The van der Waals surface area contributed by atoms with Gasteiger partial charge in [0.15, 0.2) is 0 Å². The normalized spacial score (nSPS) is 37.3. The number of aliphatic hydroxyl groups is 1. The second-order valence-electron chi connectivity index (χ2n) is 1.78. The monoisotopic (exact) mass is 99.1 g/mol. The van der Waals surface area contributed by atoms with E-state index >= 15 is 0 Å². The fraction of sp³-hybridized carbons (Fsp3) is 0.600. The third kappa shape index (κ3) is 0.933. The Hall–Kier alpha value is -0.500. The van der Waals surface area contributed by atoms with Gasteiger partial charge in [-0.1, -0.05) is 6.58 Å². The molecule has 1 aliphatic rings. The number of hydrogen-bond donors (Lipinski definition) is 2. The third-order valence-corrected chi connectivity index (χ3v) is 1.09. The maximum atomic E-state index is 8.65. The van der Waals surface area contributed by atoms with E-state index in [0.29, 0.717) is 6.04 Å². The van der Waals surface area contributed by atoms with Crippen LogP contribution in [0.1, 0.15) is 6.42 Å². The van der Waals surface area contributed by atoms with Crippen LogP contribution in [0.25, 0.3) is 0 Å². The quantitative estimate of drug-likeness (QED) is 0.504. The molecule has 1 rings (SSSR count). The molecule has 0 amide bonds. The lowest BCUT2D eigenvalue weighted by molar-refractivity contribution is 0.267. The fourth-order valence-corrected chi connectivity index (χ4v) is 0.512. The smallest absolute Gasteiger partial charge is 0.0762 e. The van der Waals surface area contributed by atoms with Crippen molar-refractivity contribution in [2.75, 3.05) is 0 Å². The van der Waals surface area contributed by atoms with E-state index in [4.69, 9.17) is 5.11 Å². The van der Waals surface area contributed by atoms with Crippen molar-refractivity contribution in [2.45, 2.75) is 18.6 Å². The number of nitrogens with one attached hydrogen (secondary N) is 1. The number of hydrogen-bond acceptors (Lipinski definition) is 2. The van der Waals surface area contributed by atoms with E-state index in [2.05, 4.69) is 11.9 Å². The molecule has 1 saturated carbocycles. The van der Waals surface area contributed by atoms with E-state index in [1.807, 2.05) is 0 Å². The van der Waals surface area contributed by atoms with Gasteiger partial charge in [-0.3, -0.25) is 0 Å². The summed E-state index contributed by atoms with van der Waals surface area (Å²) < 4.78 is 0. The molecule has 2 heteroatoms. The van der Waals surface area contributed by atoms with Crippen LogP contribution in [-0.4, -0.2) is 17.3 Å². The zero-order chi connectivity index (χ0) is 5.28. The highest BCUT2D eigenvalue weighted by atomic mass is 16.3. The van der Waals surface area contributed by atoms with Gasteiger partial charge in [0.25, 0.3) is 0 Å². The van der Waals surface area contributed by atoms with Crippen molar-refractivity contribution < 1.29 is 5.11 Å². The van der Waals surface area contributed by atoms with Crippen LogP contribution in [0.4, 0.5) is 0 Å². The van der Waals surface area contributed by atoms with Gasteiger partial charge in [-0.2, -0.15) is 0 Å².